The van der Waals surface area contributed by atoms with Crippen LogP contribution in [0.2, 0.25) is 0 Å². The second kappa shape index (κ2) is 8.56. The second-order valence-electron chi connectivity index (χ2n) is 6.16. The number of hydrogen-bond acceptors (Lipinski definition) is 5. The number of nitrogens with one attached hydrogen (secondary N) is 1. The highest BCUT2D eigenvalue weighted by Gasteiger charge is 2.27. The van der Waals surface area contributed by atoms with Crippen molar-refractivity contribution in [1.82, 2.24) is 18.2 Å². The third-order valence-corrected chi connectivity index (χ3v) is 7.50. The molecule has 0 aromatic heterocycles. The Kier molecular flexibility index (Phi) is 6.94. The predicted octanol–water partition coefficient (Wildman–Crippen LogP) is -0.470. The average molecular weight is 391 g/mol. The molecule has 1 heterocycles. The highest BCUT2D eigenvalue weighted by Crippen LogP contribution is 2.11. The Labute approximate surface area is 150 Å². The molecule has 0 amide bonds. The van der Waals surface area contributed by atoms with E-state index in [4.69, 9.17) is 0 Å². The smallest absolute Gasteiger partial charge is 0.278 e. The minimum atomic E-state index is -3.60. The Hall–Kier alpha value is -1.04. The lowest BCUT2D eigenvalue weighted by atomic mass is 10.2. The summed E-state index contributed by atoms with van der Waals surface area (Å²) in [5.74, 6) is -0.237. The number of piperazine rings is 1. The Balaban J connectivity index is 1.80. The monoisotopic (exact) mass is 390 g/mol. The molecule has 0 atom stereocenters. The van der Waals surface area contributed by atoms with Crippen molar-refractivity contribution in [3.05, 3.63) is 35.9 Å². The fourth-order valence-corrected chi connectivity index (χ4v) is 4.65. The molecule has 0 bridgehead atoms. The molecule has 1 N–H and O–H groups in total. The molecule has 0 spiro atoms. The minimum absolute atomic E-state index is 0.132. The van der Waals surface area contributed by atoms with Crippen molar-refractivity contribution in [2.24, 2.45) is 0 Å². The number of sulfonamides is 1. The molecule has 1 aromatic rings. The highest BCUT2D eigenvalue weighted by molar-refractivity contribution is 7.89. The normalized spacial score (nSPS) is 17.9. The average Bonchev–Trinajstić information content (AvgIpc) is 2.56. The summed E-state index contributed by atoms with van der Waals surface area (Å²) < 4.78 is 52.7. The Morgan fingerprint density at radius 3 is 2.16 bits per heavy atom. The maximum Gasteiger partial charge on any atom is 0.278 e. The van der Waals surface area contributed by atoms with Gasteiger partial charge in [-0.1, -0.05) is 30.3 Å². The van der Waals surface area contributed by atoms with Crippen LogP contribution in [0.5, 0.6) is 0 Å². The lowest BCUT2D eigenvalue weighted by molar-refractivity contribution is 0.181. The minimum Gasteiger partial charge on any atom is -0.296 e. The highest BCUT2D eigenvalue weighted by atomic mass is 32.2. The van der Waals surface area contributed by atoms with Crippen LogP contribution >= 0.6 is 0 Å². The van der Waals surface area contributed by atoms with Gasteiger partial charge in [0, 0.05) is 53.4 Å². The van der Waals surface area contributed by atoms with E-state index >= 15 is 0 Å². The summed E-state index contributed by atoms with van der Waals surface area (Å²) in [6.07, 6.45) is 0. The Morgan fingerprint density at radius 2 is 1.60 bits per heavy atom. The number of nitrogens with zero attached hydrogens (tertiary/aromatic N) is 3. The molecule has 2 rings (SSSR count). The van der Waals surface area contributed by atoms with Crippen molar-refractivity contribution in [3.63, 3.8) is 0 Å². The zero-order chi connectivity index (χ0) is 18.5. The fourth-order valence-electron chi connectivity index (χ4n) is 2.57. The van der Waals surface area contributed by atoms with Gasteiger partial charge in [-0.25, -0.2) is 13.1 Å². The summed E-state index contributed by atoms with van der Waals surface area (Å²) in [4.78, 5) is 2.22. The van der Waals surface area contributed by atoms with Gasteiger partial charge in [-0.2, -0.15) is 17.0 Å². The van der Waals surface area contributed by atoms with Gasteiger partial charge < -0.3 is 0 Å². The largest absolute Gasteiger partial charge is 0.296 e. The molecule has 142 valence electrons. The molecule has 25 heavy (non-hydrogen) atoms. The Bertz CT molecular complexity index is 743. The third-order valence-electron chi connectivity index (χ3n) is 4.10. The zero-order valence-corrected chi connectivity index (χ0v) is 16.3. The molecule has 0 unspecified atom stereocenters. The first kappa shape index (κ1) is 20.3. The van der Waals surface area contributed by atoms with Gasteiger partial charge in [0.15, 0.2) is 0 Å². The van der Waals surface area contributed by atoms with Crippen LogP contribution in [-0.2, 0) is 26.8 Å². The summed E-state index contributed by atoms with van der Waals surface area (Å²) in [6.45, 7) is 2.85. The van der Waals surface area contributed by atoms with E-state index in [0.29, 0.717) is 26.2 Å². The van der Waals surface area contributed by atoms with Gasteiger partial charge >= 0.3 is 0 Å². The first-order chi connectivity index (χ1) is 11.7. The summed E-state index contributed by atoms with van der Waals surface area (Å²) in [7, 11) is -4.29. The van der Waals surface area contributed by atoms with Gasteiger partial charge in [0.05, 0.1) is 5.75 Å². The molecule has 1 aliphatic rings. The molecule has 0 radical (unpaired) electrons. The quantitative estimate of drug-likeness (QED) is 0.648. The number of benzene rings is 1. The molecule has 10 heteroatoms. The van der Waals surface area contributed by atoms with E-state index in [1.54, 1.807) is 0 Å². The van der Waals surface area contributed by atoms with E-state index in [0.717, 1.165) is 10.8 Å². The van der Waals surface area contributed by atoms with Crippen LogP contribution in [0.4, 0.5) is 0 Å². The van der Waals surface area contributed by atoms with Gasteiger partial charge in [-0.3, -0.25) is 4.90 Å². The Morgan fingerprint density at radius 1 is 1.00 bits per heavy atom. The van der Waals surface area contributed by atoms with Gasteiger partial charge in [-0.05, 0) is 5.56 Å². The SMILES string of the molecule is CN(C)S(=O)(=O)NCCS(=O)(=O)N1CCN(Cc2ccccc2)CC1. The topological polar surface area (TPSA) is 90.0 Å². The van der Waals surface area contributed by atoms with Crippen LogP contribution < -0.4 is 4.72 Å². The molecule has 1 aliphatic heterocycles. The molecule has 0 saturated carbocycles. The van der Waals surface area contributed by atoms with Crippen molar-refractivity contribution in [3.8, 4) is 0 Å². The van der Waals surface area contributed by atoms with Crippen LogP contribution in [0, 0.1) is 0 Å². The van der Waals surface area contributed by atoms with Crippen molar-refractivity contribution in [2.75, 3.05) is 52.6 Å². The maximum atomic E-state index is 12.4. The van der Waals surface area contributed by atoms with Crippen LogP contribution in [0.15, 0.2) is 30.3 Å². The van der Waals surface area contributed by atoms with E-state index in [1.165, 1.54) is 24.0 Å². The molecule has 8 nitrogen and oxygen atoms in total. The van der Waals surface area contributed by atoms with E-state index in [2.05, 4.69) is 21.8 Å². The van der Waals surface area contributed by atoms with Crippen LogP contribution in [-0.4, -0.2) is 82.9 Å². The zero-order valence-electron chi connectivity index (χ0n) is 14.6. The van der Waals surface area contributed by atoms with E-state index in [9.17, 15) is 16.8 Å². The second-order valence-corrected chi connectivity index (χ2v) is 10.2. The van der Waals surface area contributed by atoms with E-state index in [-0.39, 0.29) is 12.3 Å². The predicted molar refractivity (Wildman–Crippen MR) is 97.7 cm³/mol. The summed E-state index contributed by atoms with van der Waals surface area (Å²) in [6, 6.07) is 10.1. The number of rotatable bonds is 8. The molecular formula is C15H26N4O4S2. The van der Waals surface area contributed by atoms with Crippen molar-refractivity contribution < 1.29 is 16.8 Å². The van der Waals surface area contributed by atoms with Gasteiger partial charge in [-0.15, -0.1) is 0 Å². The van der Waals surface area contributed by atoms with Crippen LogP contribution in [0.3, 0.4) is 0 Å². The van der Waals surface area contributed by atoms with Gasteiger partial charge in [0.1, 0.15) is 0 Å². The summed E-state index contributed by atoms with van der Waals surface area (Å²) in [5.41, 5.74) is 1.21. The first-order valence-electron chi connectivity index (χ1n) is 8.12. The lowest BCUT2D eigenvalue weighted by Gasteiger charge is -2.34. The maximum absolute atomic E-state index is 12.4. The van der Waals surface area contributed by atoms with Gasteiger partial charge in [0.2, 0.25) is 10.0 Å². The molecule has 1 saturated heterocycles. The number of hydrogen-bond donors (Lipinski definition) is 1. The first-order valence-corrected chi connectivity index (χ1v) is 11.2. The fraction of sp³-hybridized carbons (Fsp3) is 0.600. The van der Waals surface area contributed by atoms with E-state index in [1.807, 2.05) is 18.2 Å². The van der Waals surface area contributed by atoms with Crippen molar-refractivity contribution in [2.45, 2.75) is 6.54 Å². The van der Waals surface area contributed by atoms with Crippen LogP contribution in [0.25, 0.3) is 0 Å². The van der Waals surface area contributed by atoms with E-state index < -0.39 is 20.2 Å². The molecule has 0 aliphatic carbocycles. The third kappa shape index (κ3) is 6.01. The molecule has 1 aromatic carbocycles. The van der Waals surface area contributed by atoms with Crippen LogP contribution in [0.1, 0.15) is 5.56 Å². The summed E-state index contributed by atoms with van der Waals surface area (Å²) in [5, 5.41) is 0. The summed E-state index contributed by atoms with van der Waals surface area (Å²) >= 11 is 0. The molecule has 1 fully saturated rings. The standard InChI is InChI=1S/C15H26N4O4S2/c1-17(2)25(22,23)16-8-13-24(20,21)19-11-9-18(10-12-19)14-15-6-4-3-5-7-15/h3-7,16H,8-14H2,1-2H3. The lowest BCUT2D eigenvalue weighted by Crippen LogP contribution is -2.50. The van der Waals surface area contributed by atoms with Gasteiger partial charge in [0.25, 0.3) is 10.2 Å². The van der Waals surface area contributed by atoms with Crippen molar-refractivity contribution in [1.29, 1.82) is 0 Å². The molecular weight excluding hydrogens is 364 g/mol. The van der Waals surface area contributed by atoms with Crippen molar-refractivity contribution >= 4 is 20.2 Å².